The lowest BCUT2D eigenvalue weighted by Gasteiger charge is -2.21. The molecule has 0 aromatic heterocycles. The topological polar surface area (TPSA) is 55.4 Å². The number of anilines is 1. The van der Waals surface area contributed by atoms with E-state index >= 15 is 0 Å². The number of rotatable bonds is 8. The minimum atomic E-state index is -0.522. The first-order chi connectivity index (χ1) is 11.6. The zero-order valence-electron chi connectivity index (χ0n) is 15.2. The number of halogens is 2. The summed E-state index contributed by atoms with van der Waals surface area (Å²) in [4.78, 5) is 24.7. The molecule has 1 rings (SSSR count). The molecular weight excluding hydrogens is 409 g/mol. The molecule has 0 heterocycles. The second kappa shape index (κ2) is 10.2. The molecule has 4 nitrogen and oxygen atoms in total. The summed E-state index contributed by atoms with van der Waals surface area (Å²) >= 11 is 4.63. The number of amides is 1. The van der Waals surface area contributed by atoms with E-state index in [1.54, 1.807) is 19.9 Å². The predicted molar refractivity (Wildman–Crippen MR) is 103 cm³/mol. The summed E-state index contributed by atoms with van der Waals surface area (Å²) in [6.07, 6.45) is 0.810. The van der Waals surface area contributed by atoms with E-state index in [1.165, 1.54) is 17.8 Å². The van der Waals surface area contributed by atoms with Crippen LogP contribution in [0.1, 0.15) is 47.5 Å². The predicted octanol–water partition coefficient (Wildman–Crippen LogP) is 5.40. The SMILES string of the molecule is CCCC(=O)Nc1cc(SC(C(=O)OC(C)C)C(C)C)c(Br)cc1F. The fourth-order valence-electron chi connectivity index (χ4n) is 2.05. The van der Waals surface area contributed by atoms with Crippen LogP contribution in [0.5, 0.6) is 0 Å². The second-order valence-corrected chi connectivity index (χ2v) is 8.37. The molecule has 1 unspecified atom stereocenters. The first-order valence-electron chi connectivity index (χ1n) is 8.31. The van der Waals surface area contributed by atoms with Crippen LogP contribution in [0.2, 0.25) is 0 Å². The average molecular weight is 434 g/mol. The minimum Gasteiger partial charge on any atom is -0.462 e. The Morgan fingerprint density at radius 2 is 1.92 bits per heavy atom. The first-order valence-corrected chi connectivity index (χ1v) is 9.99. The van der Waals surface area contributed by atoms with Crippen LogP contribution >= 0.6 is 27.7 Å². The Labute approximate surface area is 161 Å². The molecule has 140 valence electrons. The Kier molecular flexibility index (Phi) is 8.93. The number of carbonyl (C=O) groups excluding carboxylic acids is 2. The van der Waals surface area contributed by atoms with E-state index in [-0.39, 0.29) is 29.6 Å². The molecule has 0 saturated carbocycles. The van der Waals surface area contributed by atoms with Gasteiger partial charge >= 0.3 is 5.97 Å². The molecule has 0 radical (unpaired) electrons. The van der Waals surface area contributed by atoms with Gasteiger partial charge in [0.15, 0.2) is 0 Å². The Morgan fingerprint density at radius 3 is 2.44 bits per heavy atom. The van der Waals surface area contributed by atoms with Crippen molar-refractivity contribution in [3.63, 3.8) is 0 Å². The van der Waals surface area contributed by atoms with Crippen molar-refractivity contribution in [3.8, 4) is 0 Å². The highest BCUT2D eigenvalue weighted by atomic mass is 79.9. The van der Waals surface area contributed by atoms with E-state index in [4.69, 9.17) is 4.74 Å². The number of thioether (sulfide) groups is 1. The number of hydrogen-bond acceptors (Lipinski definition) is 4. The first kappa shape index (κ1) is 22.0. The van der Waals surface area contributed by atoms with Gasteiger partial charge in [0.25, 0.3) is 0 Å². The van der Waals surface area contributed by atoms with Crippen molar-refractivity contribution in [1.82, 2.24) is 0 Å². The lowest BCUT2D eigenvalue weighted by molar-refractivity contribution is -0.147. The van der Waals surface area contributed by atoms with Gasteiger partial charge < -0.3 is 10.1 Å². The summed E-state index contributed by atoms with van der Waals surface area (Å²) < 4.78 is 20.0. The molecule has 0 aliphatic heterocycles. The maximum atomic E-state index is 14.1. The highest BCUT2D eigenvalue weighted by molar-refractivity contribution is 9.10. The van der Waals surface area contributed by atoms with Gasteiger partial charge in [0.1, 0.15) is 11.1 Å². The zero-order chi connectivity index (χ0) is 19.1. The van der Waals surface area contributed by atoms with Gasteiger partial charge in [-0.1, -0.05) is 20.8 Å². The van der Waals surface area contributed by atoms with Crippen molar-refractivity contribution in [2.24, 2.45) is 5.92 Å². The van der Waals surface area contributed by atoms with E-state index in [0.717, 1.165) is 0 Å². The third kappa shape index (κ3) is 6.98. The van der Waals surface area contributed by atoms with E-state index in [0.29, 0.717) is 22.2 Å². The number of carbonyl (C=O) groups is 2. The molecule has 1 N–H and O–H groups in total. The zero-order valence-corrected chi connectivity index (χ0v) is 17.6. The summed E-state index contributed by atoms with van der Waals surface area (Å²) in [5, 5.41) is 2.15. The van der Waals surface area contributed by atoms with Gasteiger partial charge in [-0.25, -0.2) is 4.39 Å². The normalized spacial score (nSPS) is 12.4. The number of nitrogens with one attached hydrogen (secondary N) is 1. The molecule has 0 spiro atoms. The third-order valence-corrected chi connectivity index (χ3v) is 5.72. The van der Waals surface area contributed by atoms with Crippen LogP contribution in [-0.2, 0) is 14.3 Å². The smallest absolute Gasteiger partial charge is 0.319 e. The Balaban J connectivity index is 3.05. The molecule has 1 atom stereocenters. The molecule has 1 aromatic rings. The number of ether oxygens (including phenoxy) is 1. The molecule has 0 bridgehead atoms. The third-order valence-electron chi connectivity index (χ3n) is 3.22. The molecule has 0 aliphatic carbocycles. The van der Waals surface area contributed by atoms with Crippen LogP contribution in [0.25, 0.3) is 0 Å². The van der Waals surface area contributed by atoms with Crippen molar-refractivity contribution in [2.45, 2.75) is 63.7 Å². The number of hydrogen-bond donors (Lipinski definition) is 1. The summed E-state index contributed by atoms with van der Waals surface area (Å²) in [7, 11) is 0. The Hall–Kier alpha value is -1.08. The van der Waals surface area contributed by atoms with Crippen molar-refractivity contribution in [3.05, 3.63) is 22.4 Å². The molecule has 0 saturated heterocycles. The van der Waals surface area contributed by atoms with Gasteiger partial charge in [-0.15, -0.1) is 11.8 Å². The minimum absolute atomic E-state index is 0.0336. The fourth-order valence-corrected chi connectivity index (χ4v) is 3.70. The van der Waals surface area contributed by atoms with Crippen molar-refractivity contribution in [2.75, 3.05) is 5.32 Å². The van der Waals surface area contributed by atoms with Crippen molar-refractivity contribution >= 4 is 45.3 Å². The van der Waals surface area contributed by atoms with Crippen molar-refractivity contribution in [1.29, 1.82) is 0 Å². The summed E-state index contributed by atoms with van der Waals surface area (Å²) in [6, 6.07) is 2.85. The largest absolute Gasteiger partial charge is 0.462 e. The van der Waals surface area contributed by atoms with Gasteiger partial charge in [0.2, 0.25) is 5.91 Å². The lowest BCUT2D eigenvalue weighted by atomic mass is 10.1. The van der Waals surface area contributed by atoms with Gasteiger partial charge in [0, 0.05) is 15.8 Å². The molecule has 1 aromatic carbocycles. The van der Waals surface area contributed by atoms with Gasteiger partial charge in [-0.2, -0.15) is 0 Å². The van der Waals surface area contributed by atoms with E-state index in [1.807, 2.05) is 20.8 Å². The van der Waals surface area contributed by atoms with Crippen LogP contribution in [0.15, 0.2) is 21.5 Å². The monoisotopic (exact) mass is 433 g/mol. The van der Waals surface area contributed by atoms with Crippen LogP contribution in [0, 0.1) is 11.7 Å². The summed E-state index contributed by atoms with van der Waals surface area (Å²) in [6.45, 7) is 9.35. The van der Waals surface area contributed by atoms with Crippen LogP contribution in [0.3, 0.4) is 0 Å². The number of benzene rings is 1. The quantitative estimate of drug-likeness (QED) is 0.440. The number of esters is 1. The van der Waals surface area contributed by atoms with Gasteiger partial charge in [0.05, 0.1) is 11.8 Å². The molecule has 25 heavy (non-hydrogen) atoms. The fraction of sp³-hybridized carbons (Fsp3) is 0.556. The Morgan fingerprint density at radius 1 is 1.28 bits per heavy atom. The van der Waals surface area contributed by atoms with Crippen LogP contribution < -0.4 is 5.32 Å². The summed E-state index contributed by atoms with van der Waals surface area (Å²) in [5.74, 6) is -1.03. The molecule has 7 heteroatoms. The molecule has 0 fully saturated rings. The summed E-state index contributed by atoms with van der Waals surface area (Å²) in [5.41, 5.74) is 0.115. The van der Waals surface area contributed by atoms with Gasteiger partial charge in [-0.3, -0.25) is 9.59 Å². The van der Waals surface area contributed by atoms with Crippen molar-refractivity contribution < 1.29 is 18.7 Å². The average Bonchev–Trinajstić information content (AvgIpc) is 2.47. The highest BCUT2D eigenvalue weighted by Crippen LogP contribution is 2.37. The lowest BCUT2D eigenvalue weighted by Crippen LogP contribution is -2.27. The standard InChI is InChI=1S/C18H25BrFNO3S/c1-6-7-16(22)21-14-9-15(12(19)8-13(14)20)25-17(10(2)3)18(23)24-11(4)5/h8-11,17H,6-7H2,1-5H3,(H,21,22). The highest BCUT2D eigenvalue weighted by Gasteiger charge is 2.27. The maximum absolute atomic E-state index is 14.1. The van der Waals surface area contributed by atoms with Gasteiger partial charge in [-0.05, 0) is 54.2 Å². The van der Waals surface area contributed by atoms with E-state index in [2.05, 4.69) is 21.2 Å². The van der Waals surface area contributed by atoms with Crippen LogP contribution in [-0.4, -0.2) is 23.2 Å². The van der Waals surface area contributed by atoms with E-state index < -0.39 is 11.1 Å². The molecule has 0 aliphatic rings. The molecule has 1 amide bonds. The molecular formula is C18H25BrFNO3S. The van der Waals surface area contributed by atoms with E-state index in [9.17, 15) is 14.0 Å². The maximum Gasteiger partial charge on any atom is 0.319 e. The van der Waals surface area contributed by atoms with Crippen LogP contribution in [0.4, 0.5) is 10.1 Å². The Bertz CT molecular complexity index is 623. The second-order valence-electron chi connectivity index (χ2n) is 6.33.